The molecule has 0 saturated heterocycles. The van der Waals surface area contributed by atoms with Crippen LogP contribution in [-0.4, -0.2) is 40.2 Å². The Balaban J connectivity index is 2.19. The molecule has 0 aliphatic heterocycles. The number of rotatable bonds is 8. The minimum absolute atomic E-state index is 0.0122. The van der Waals surface area contributed by atoms with Gasteiger partial charge in [0.2, 0.25) is 0 Å². The Labute approximate surface area is 184 Å². The third kappa shape index (κ3) is 5.42. The predicted molar refractivity (Wildman–Crippen MR) is 118 cm³/mol. The quantitative estimate of drug-likeness (QED) is 0.260. The zero-order valence-corrected chi connectivity index (χ0v) is 19.1. The highest BCUT2D eigenvalue weighted by Crippen LogP contribution is 2.52. The molecule has 10 nitrogen and oxygen atoms in total. The first-order valence-electron chi connectivity index (χ1n) is 9.71. The third-order valence-electron chi connectivity index (χ3n) is 5.04. The molecule has 0 bridgehead atoms. The lowest BCUT2D eigenvalue weighted by Gasteiger charge is -2.21. The standard InChI is InChI=1S/C20H25NO9P2/c1-12(2)19-16-8-7-15(23)11-17(16)21(20(19)13-3-5-14(22)6-4-13)10-9-18(31(24,25)26)30-32(27,28)29/h3-8,11-12,18,22-23H,9-10H2,1-2H3,(H2,24,25,26)(H2,27,28,29). The van der Waals surface area contributed by atoms with Crippen LogP contribution in [0, 0.1) is 0 Å². The van der Waals surface area contributed by atoms with Crippen molar-refractivity contribution in [2.24, 2.45) is 0 Å². The Morgan fingerprint density at radius 2 is 1.53 bits per heavy atom. The van der Waals surface area contributed by atoms with Crippen molar-refractivity contribution in [2.75, 3.05) is 0 Å². The van der Waals surface area contributed by atoms with Crippen LogP contribution < -0.4 is 0 Å². The second kappa shape index (κ2) is 9.00. The SMILES string of the molecule is CC(C)c1c(-c2ccc(O)cc2)n(CCC(OP(=O)(O)O)P(=O)(O)O)c2cc(O)ccc12. The lowest BCUT2D eigenvalue weighted by atomic mass is 9.96. The number of phosphoric ester groups is 1. The Kier molecular flexibility index (Phi) is 6.88. The molecule has 3 aromatic rings. The molecule has 6 N–H and O–H groups in total. The first-order valence-corrected chi connectivity index (χ1v) is 12.9. The lowest BCUT2D eigenvalue weighted by molar-refractivity contribution is 0.146. The van der Waals surface area contributed by atoms with Gasteiger partial charge in [0.25, 0.3) is 0 Å². The van der Waals surface area contributed by atoms with E-state index in [0.717, 1.165) is 10.9 Å². The van der Waals surface area contributed by atoms with Crippen LogP contribution in [0.4, 0.5) is 0 Å². The smallest absolute Gasteiger partial charge is 0.470 e. The maximum Gasteiger partial charge on any atom is 0.470 e. The summed E-state index contributed by atoms with van der Waals surface area (Å²) in [4.78, 5) is 37.3. The first kappa shape index (κ1) is 24.5. The van der Waals surface area contributed by atoms with Crippen molar-refractivity contribution in [2.45, 2.75) is 38.6 Å². The summed E-state index contributed by atoms with van der Waals surface area (Å²) in [7, 11) is -10.1. The van der Waals surface area contributed by atoms with Crippen molar-refractivity contribution in [3.05, 3.63) is 48.0 Å². The number of fused-ring (bicyclic) bond motifs is 1. The molecule has 1 heterocycles. The van der Waals surface area contributed by atoms with E-state index < -0.39 is 27.7 Å². The first-order chi connectivity index (χ1) is 14.8. The van der Waals surface area contributed by atoms with Gasteiger partial charge in [-0.2, -0.15) is 0 Å². The van der Waals surface area contributed by atoms with E-state index in [1.165, 1.54) is 24.3 Å². The zero-order chi connectivity index (χ0) is 23.8. The average Bonchev–Trinajstić information content (AvgIpc) is 2.97. The van der Waals surface area contributed by atoms with Crippen molar-refractivity contribution >= 4 is 26.3 Å². The van der Waals surface area contributed by atoms with E-state index in [4.69, 9.17) is 9.79 Å². The monoisotopic (exact) mass is 485 g/mol. The van der Waals surface area contributed by atoms with Gasteiger partial charge in [0.15, 0.2) is 5.85 Å². The molecule has 0 radical (unpaired) electrons. The molecule has 0 amide bonds. The summed E-state index contributed by atoms with van der Waals surface area (Å²) in [5.74, 6) is -1.94. The number of nitrogens with zero attached hydrogens (tertiary/aromatic N) is 1. The highest BCUT2D eigenvalue weighted by molar-refractivity contribution is 7.53. The summed E-state index contributed by atoms with van der Waals surface area (Å²) < 4.78 is 29.1. The second-order valence-electron chi connectivity index (χ2n) is 7.75. The molecule has 12 heteroatoms. The fourth-order valence-corrected chi connectivity index (χ4v) is 5.53. The van der Waals surface area contributed by atoms with Crippen molar-refractivity contribution in [3.63, 3.8) is 0 Å². The van der Waals surface area contributed by atoms with Crippen LogP contribution in [0.25, 0.3) is 22.2 Å². The zero-order valence-electron chi connectivity index (χ0n) is 17.4. The van der Waals surface area contributed by atoms with Crippen molar-refractivity contribution in [1.82, 2.24) is 4.57 Å². The molecule has 32 heavy (non-hydrogen) atoms. The largest absolute Gasteiger partial charge is 0.508 e. The molecule has 1 atom stereocenters. The van der Waals surface area contributed by atoms with Gasteiger partial charge < -0.3 is 34.4 Å². The molecule has 1 aromatic heterocycles. The predicted octanol–water partition coefficient (Wildman–Crippen LogP) is 3.85. The minimum Gasteiger partial charge on any atom is -0.508 e. The van der Waals surface area contributed by atoms with E-state index in [0.29, 0.717) is 16.8 Å². The van der Waals surface area contributed by atoms with Crippen molar-refractivity contribution < 1.29 is 43.4 Å². The number of hydrogen-bond acceptors (Lipinski definition) is 5. The average molecular weight is 485 g/mol. The molecule has 0 fully saturated rings. The fourth-order valence-electron chi connectivity index (χ4n) is 3.79. The molecule has 0 aliphatic carbocycles. The molecule has 0 aliphatic rings. The van der Waals surface area contributed by atoms with Crippen LogP contribution in [0.5, 0.6) is 11.5 Å². The van der Waals surface area contributed by atoms with Gasteiger partial charge in [-0.05, 0) is 53.4 Å². The van der Waals surface area contributed by atoms with Gasteiger partial charge in [-0.3, -0.25) is 9.09 Å². The van der Waals surface area contributed by atoms with Gasteiger partial charge in [0.05, 0.1) is 11.2 Å². The third-order valence-corrected chi connectivity index (χ3v) is 6.85. The lowest BCUT2D eigenvalue weighted by Crippen LogP contribution is -2.16. The maximum absolute atomic E-state index is 11.8. The molecule has 2 aromatic carbocycles. The van der Waals surface area contributed by atoms with E-state index in [1.807, 2.05) is 13.8 Å². The van der Waals surface area contributed by atoms with E-state index in [2.05, 4.69) is 4.52 Å². The van der Waals surface area contributed by atoms with Gasteiger partial charge in [0, 0.05) is 24.4 Å². The fraction of sp³-hybridized carbons (Fsp3) is 0.300. The topological polar surface area (TPSA) is 170 Å². The van der Waals surface area contributed by atoms with Crippen LogP contribution in [0.3, 0.4) is 0 Å². The molecule has 1 unspecified atom stereocenters. The highest BCUT2D eigenvalue weighted by Gasteiger charge is 2.36. The summed E-state index contributed by atoms with van der Waals surface area (Å²) in [6, 6.07) is 11.2. The van der Waals surface area contributed by atoms with E-state index in [9.17, 15) is 29.1 Å². The van der Waals surface area contributed by atoms with Crippen LogP contribution in [0.1, 0.15) is 31.7 Å². The van der Waals surface area contributed by atoms with E-state index in [-0.39, 0.29) is 24.0 Å². The maximum atomic E-state index is 11.8. The Morgan fingerprint density at radius 1 is 0.938 bits per heavy atom. The van der Waals surface area contributed by atoms with Crippen LogP contribution in [0.2, 0.25) is 0 Å². The summed E-state index contributed by atoms with van der Waals surface area (Å²) in [5.41, 5.74) is 2.90. The molecule has 174 valence electrons. The van der Waals surface area contributed by atoms with E-state index in [1.54, 1.807) is 22.8 Å². The number of phenols is 2. The molecule has 3 rings (SSSR count). The van der Waals surface area contributed by atoms with Crippen LogP contribution in [0.15, 0.2) is 42.5 Å². The van der Waals surface area contributed by atoms with Gasteiger partial charge in [-0.25, -0.2) is 4.57 Å². The summed E-state index contributed by atoms with van der Waals surface area (Å²) in [5, 5.41) is 20.6. The van der Waals surface area contributed by atoms with Gasteiger partial charge in [-0.1, -0.05) is 13.8 Å². The number of aromatic nitrogens is 1. The van der Waals surface area contributed by atoms with Gasteiger partial charge in [-0.15, -0.1) is 0 Å². The summed E-state index contributed by atoms with van der Waals surface area (Å²) >= 11 is 0. The van der Waals surface area contributed by atoms with Gasteiger partial charge in [0.1, 0.15) is 11.5 Å². The van der Waals surface area contributed by atoms with E-state index >= 15 is 0 Å². The number of phenolic OH excluding ortho intramolecular Hbond substituents is 2. The molecule has 0 spiro atoms. The number of phosphoric acid groups is 1. The highest BCUT2D eigenvalue weighted by atomic mass is 31.2. The number of aromatic hydroxyl groups is 2. The van der Waals surface area contributed by atoms with Crippen LogP contribution >= 0.6 is 15.4 Å². The number of hydrogen-bond donors (Lipinski definition) is 6. The number of aryl methyl sites for hydroxylation is 1. The Bertz CT molecular complexity index is 1210. The van der Waals surface area contributed by atoms with Crippen molar-refractivity contribution in [3.8, 4) is 22.8 Å². The summed E-state index contributed by atoms with van der Waals surface area (Å²) in [6.07, 6.45) is -0.405. The summed E-state index contributed by atoms with van der Waals surface area (Å²) in [6.45, 7) is 3.88. The van der Waals surface area contributed by atoms with Crippen molar-refractivity contribution in [1.29, 1.82) is 0 Å². The number of benzene rings is 2. The normalized spacial score (nSPS) is 13.7. The second-order valence-corrected chi connectivity index (χ2v) is 10.7. The van der Waals surface area contributed by atoms with Crippen LogP contribution in [-0.2, 0) is 20.2 Å². The molecular weight excluding hydrogens is 460 g/mol. The Morgan fingerprint density at radius 3 is 2.06 bits per heavy atom. The molecule has 0 saturated carbocycles. The van der Waals surface area contributed by atoms with Gasteiger partial charge >= 0.3 is 15.4 Å². The Hall–Kier alpha value is -2.16. The molecular formula is C20H25NO9P2. The minimum atomic E-state index is -5.15.